The zero-order chi connectivity index (χ0) is 12.6. The molecule has 6 heteroatoms. The lowest BCUT2D eigenvalue weighted by molar-refractivity contribution is -0.149. The summed E-state index contributed by atoms with van der Waals surface area (Å²) in [4.78, 5) is 11.4. The Bertz CT molecular complexity index is 445. The van der Waals surface area contributed by atoms with Crippen LogP contribution in [0.2, 0.25) is 0 Å². The van der Waals surface area contributed by atoms with Crippen molar-refractivity contribution < 1.29 is 23.1 Å². The third kappa shape index (κ3) is 2.07. The number of para-hydroxylation sites is 1. The number of hydrogen-bond donors (Lipinski definition) is 1. The second-order valence-corrected chi connectivity index (χ2v) is 3.88. The Morgan fingerprint density at radius 1 is 1.35 bits per heavy atom. The first-order valence-electron chi connectivity index (χ1n) is 5.08. The fraction of sp³-hybridized carbons (Fsp3) is 0.364. The van der Waals surface area contributed by atoms with Gasteiger partial charge in [-0.25, -0.2) is 4.79 Å². The maximum absolute atomic E-state index is 12.7. The van der Waals surface area contributed by atoms with Gasteiger partial charge in [-0.3, -0.25) is 4.90 Å². The Balaban J connectivity index is 2.47. The van der Waals surface area contributed by atoms with Crippen LogP contribution in [0.4, 0.5) is 23.7 Å². The molecule has 1 aliphatic heterocycles. The van der Waals surface area contributed by atoms with Gasteiger partial charge in [0.15, 0.2) is 0 Å². The summed E-state index contributed by atoms with van der Waals surface area (Å²) in [7, 11) is 0. The number of carboxylic acid groups (broad SMARTS) is 1. The first-order chi connectivity index (χ1) is 7.91. The zero-order valence-corrected chi connectivity index (χ0v) is 8.74. The molecule has 0 bridgehead atoms. The van der Waals surface area contributed by atoms with Crippen LogP contribution in [0.15, 0.2) is 24.3 Å². The molecule has 1 aromatic carbocycles. The van der Waals surface area contributed by atoms with Gasteiger partial charge in [0.05, 0.1) is 5.69 Å². The standard InChI is InChI=1S/C11H10F3NO2/c12-11(13,14)9-6-5-7-3-1-2-4-8(7)15(9)10(16)17/h1-4,9H,5-6H2,(H,16,17). The van der Waals surface area contributed by atoms with Crippen LogP contribution < -0.4 is 4.90 Å². The van der Waals surface area contributed by atoms with Crippen molar-refractivity contribution in [2.24, 2.45) is 0 Å². The summed E-state index contributed by atoms with van der Waals surface area (Å²) in [5.41, 5.74) is 0.768. The van der Waals surface area contributed by atoms with Crippen molar-refractivity contribution in [1.29, 1.82) is 0 Å². The molecule has 0 spiro atoms. The zero-order valence-electron chi connectivity index (χ0n) is 8.74. The average molecular weight is 245 g/mol. The number of alkyl halides is 3. The molecule has 1 amide bonds. The molecule has 1 aromatic rings. The molecule has 1 N–H and O–H groups in total. The van der Waals surface area contributed by atoms with Crippen molar-refractivity contribution in [3.8, 4) is 0 Å². The molecule has 17 heavy (non-hydrogen) atoms. The maximum atomic E-state index is 12.7. The lowest BCUT2D eigenvalue weighted by atomic mass is 9.96. The van der Waals surface area contributed by atoms with Gasteiger partial charge in [0.25, 0.3) is 0 Å². The number of rotatable bonds is 0. The summed E-state index contributed by atoms with van der Waals surface area (Å²) in [5, 5.41) is 8.94. The number of fused-ring (bicyclic) bond motifs is 1. The van der Waals surface area contributed by atoms with Crippen molar-refractivity contribution in [3.05, 3.63) is 29.8 Å². The molecule has 0 saturated carbocycles. The number of hydrogen-bond acceptors (Lipinski definition) is 1. The maximum Gasteiger partial charge on any atom is 0.412 e. The Kier molecular flexibility index (Phi) is 2.73. The number of carbonyl (C=O) groups is 1. The molecule has 0 saturated heterocycles. The summed E-state index contributed by atoms with van der Waals surface area (Å²) in [5.74, 6) is 0. The molecule has 1 heterocycles. The fourth-order valence-corrected chi connectivity index (χ4v) is 2.09. The normalized spacial score (nSPS) is 19.9. The largest absolute Gasteiger partial charge is 0.465 e. The summed E-state index contributed by atoms with van der Waals surface area (Å²) in [6.45, 7) is 0. The SMILES string of the molecule is O=C(O)N1c2ccccc2CCC1C(F)(F)F. The van der Waals surface area contributed by atoms with Crippen LogP contribution in [0.25, 0.3) is 0 Å². The monoisotopic (exact) mass is 245 g/mol. The van der Waals surface area contributed by atoms with E-state index in [2.05, 4.69) is 0 Å². The number of nitrogens with zero attached hydrogens (tertiary/aromatic N) is 1. The van der Waals surface area contributed by atoms with Gasteiger partial charge < -0.3 is 5.11 Å². The molecule has 0 radical (unpaired) electrons. The number of benzene rings is 1. The Labute approximate surface area is 95.5 Å². The van der Waals surface area contributed by atoms with Gasteiger partial charge in [0.1, 0.15) is 6.04 Å². The van der Waals surface area contributed by atoms with Crippen LogP contribution in [-0.2, 0) is 6.42 Å². The van der Waals surface area contributed by atoms with E-state index in [1.807, 2.05) is 0 Å². The van der Waals surface area contributed by atoms with Crippen molar-refractivity contribution in [3.63, 3.8) is 0 Å². The lowest BCUT2D eigenvalue weighted by Crippen LogP contribution is -2.51. The van der Waals surface area contributed by atoms with Crippen LogP contribution in [0.1, 0.15) is 12.0 Å². The van der Waals surface area contributed by atoms with E-state index in [1.54, 1.807) is 12.1 Å². The van der Waals surface area contributed by atoms with Crippen molar-refractivity contribution in [2.75, 3.05) is 4.90 Å². The Hall–Kier alpha value is -1.72. The molecule has 0 fully saturated rings. The van der Waals surface area contributed by atoms with Gasteiger partial charge in [0, 0.05) is 0 Å². The van der Waals surface area contributed by atoms with E-state index in [0.29, 0.717) is 10.5 Å². The molecule has 0 aliphatic carbocycles. The minimum Gasteiger partial charge on any atom is -0.465 e. The molecule has 1 atom stereocenters. The van der Waals surface area contributed by atoms with Crippen LogP contribution in [-0.4, -0.2) is 23.4 Å². The molecular formula is C11H10F3NO2. The second-order valence-electron chi connectivity index (χ2n) is 3.88. The highest BCUT2D eigenvalue weighted by atomic mass is 19.4. The minimum atomic E-state index is -4.54. The minimum absolute atomic E-state index is 0.133. The Morgan fingerprint density at radius 3 is 2.59 bits per heavy atom. The Morgan fingerprint density at radius 2 is 2.00 bits per heavy atom. The van der Waals surface area contributed by atoms with Gasteiger partial charge in [0.2, 0.25) is 0 Å². The highest BCUT2D eigenvalue weighted by Gasteiger charge is 2.48. The predicted octanol–water partition coefficient (Wildman–Crippen LogP) is 3.05. The third-order valence-corrected chi connectivity index (χ3v) is 2.83. The van der Waals surface area contributed by atoms with E-state index in [-0.39, 0.29) is 18.5 Å². The highest BCUT2D eigenvalue weighted by molar-refractivity contribution is 5.88. The molecule has 0 aromatic heterocycles. The summed E-state index contributed by atoms with van der Waals surface area (Å²) >= 11 is 0. The number of anilines is 1. The molecule has 92 valence electrons. The molecule has 1 unspecified atom stereocenters. The van der Waals surface area contributed by atoms with Crippen LogP contribution in [0, 0.1) is 0 Å². The highest BCUT2D eigenvalue weighted by Crippen LogP contribution is 2.37. The second kappa shape index (κ2) is 3.94. The van der Waals surface area contributed by atoms with Gasteiger partial charge >= 0.3 is 12.3 Å². The van der Waals surface area contributed by atoms with Crippen LogP contribution in [0.3, 0.4) is 0 Å². The van der Waals surface area contributed by atoms with Crippen molar-refractivity contribution >= 4 is 11.8 Å². The predicted molar refractivity (Wildman–Crippen MR) is 55.1 cm³/mol. The summed E-state index contributed by atoms with van der Waals surface area (Å²) in [6.07, 6.45) is -6.09. The quantitative estimate of drug-likeness (QED) is 0.763. The molecule has 1 aliphatic rings. The van der Waals surface area contributed by atoms with E-state index < -0.39 is 18.3 Å². The fourth-order valence-electron chi connectivity index (χ4n) is 2.09. The topological polar surface area (TPSA) is 40.5 Å². The van der Waals surface area contributed by atoms with Gasteiger partial charge in [-0.2, -0.15) is 13.2 Å². The van der Waals surface area contributed by atoms with Crippen LogP contribution in [0.5, 0.6) is 0 Å². The average Bonchev–Trinajstić information content (AvgIpc) is 2.26. The summed E-state index contributed by atoms with van der Waals surface area (Å²) in [6, 6.07) is 4.33. The molecule has 2 rings (SSSR count). The van der Waals surface area contributed by atoms with E-state index >= 15 is 0 Å². The first-order valence-corrected chi connectivity index (χ1v) is 5.08. The van der Waals surface area contributed by atoms with Gasteiger partial charge in [-0.1, -0.05) is 18.2 Å². The molecule has 3 nitrogen and oxygen atoms in total. The smallest absolute Gasteiger partial charge is 0.412 e. The number of halogens is 3. The van der Waals surface area contributed by atoms with Gasteiger partial charge in [-0.15, -0.1) is 0 Å². The van der Waals surface area contributed by atoms with E-state index in [1.165, 1.54) is 12.1 Å². The van der Waals surface area contributed by atoms with Crippen molar-refractivity contribution in [1.82, 2.24) is 0 Å². The summed E-state index contributed by atoms with van der Waals surface area (Å²) < 4.78 is 38.2. The van der Waals surface area contributed by atoms with Crippen LogP contribution >= 0.6 is 0 Å². The van der Waals surface area contributed by atoms with E-state index in [4.69, 9.17) is 5.11 Å². The molecular weight excluding hydrogens is 235 g/mol. The van der Waals surface area contributed by atoms with E-state index in [9.17, 15) is 18.0 Å². The van der Waals surface area contributed by atoms with E-state index in [0.717, 1.165) is 0 Å². The van der Waals surface area contributed by atoms with Crippen molar-refractivity contribution in [2.45, 2.75) is 25.1 Å². The first kappa shape index (κ1) is 11.8. The number of amides is 1. The van der Waals surface area contributed by atoms with Gasteiger partial charge in [-0.05, 0) is 24.5 Å². The lowest BCUT2D eigenvalue weighted by Gasteiger charge is -2.36. The third-order valence-electron chi connectivity index (χ3n) is 2.83. The number of aryl methyl sites for hydroxylation is 1.